The summed E-state index contributed by atoms with van der Waals surface area (Å²) in [4.78, 5) is 11.7. The first-order valence-corrected chi connectivity index (χ1v) is 5.38. The molecule has 0 atom stereocenters. The second kappa shape index (κ2) is 6.50. The molecule has 1 rings (SSSR count). The second-order valence-electron chi connectivity index (χ2n) is 3.83. The van der Waals surface area contributed by atoms with Gasteiger partial charge in [-0.15, -0.1) is 0 Å². The Morgan fingerprint density at radius 2 is 2.26 bits per heavy atom. The summed E-state index contributed by atoms with van der Waals surface area (Å²) in [5.74, 6) is -1.10. The summed E-state index contributed by atoms with van der Waals surface area (Å²) >= 11 is 0. The minimum atomic E-state index is -2.50. The van der Waals surface area contributed by atoms with E-state index in [0.29, 0.717) is 11.3 Å². The molecule has 6 heteroatoms. The molecule has 0 amide bonds. The highest BCUT2D eigenvalue weighted by Crippen LogP contribution is 2.21. The van der Waals surface area contributed by atoms with Crippen LogP contribution in [0.3, 0.4) is 0 Å². The van der Waals surface area contributed by atoms with Crippen LogP contribution in [-0.4, -0.2) is 31.1 Å². The van der Waals surface area contributed by atoms with Gasteiger partial charge in [0, 0.05) is 13.1 Å². The topological polar surface area (TPSA) is 64.3 Å². The van der Waals surface area contributed by atoms with Crippen LogP contribution in [0.1, 0.15) is 11.1 Å². The molecule has 0 aliphatic carbocycles. The molecule has 0 saturated carbocycles. The number of alkyl halides is 2. The van der Waals surface area contributed by atoms with Crippen molar-refractivity contribution in [2.45, 2.75) is 6.43 Å². The van der Waals surface area contributed by atoms with Crippen LogP contribution >= 0.6 is 0 Å². The number of rotatable bonds is 5. The molecule has 0 fully saturated rings. The van der Waals surface area contributed by atoms with E-state index in [-0.39, 0.29) is 5.56 Å². The Morgan fingerprint density at radius 3 is 2.79 bits per heavy atom. The molecule has 0 unspecified atom stereocenters. The number of hydrogen-bond acceptors (Lipinski definition) is 3. The van der Waals surface area contributed by atoms with Gasteiger partial charge < -0.3 is 10.0 Å². The van der Waals surface area contributed by atoms with Crippen molar-refractivity contribution >= 4 is 17.7 Å². The Balaban J connectivity index is 3.03. The Morgan fingerprint density at radius 1 is 1.58 bits per heavy atom. The molecule has 0 bridgehead atoms. The molecule has 0 radical (unpaired) electrons. The number of hydrogen-bond donors (Lipinski definition) is 1. The number of anilines is 1. The van der Waals surface area contributed by atoms with Crippen molar-refractivity contribution in [1.29, 1.82) is 5.26 Å². The Bertz CT molecular complexity index is 536. The van der Waals surface area contributed by atoms with Crippen molar-refractivity contribution in [1.82, 2.24) is 0 Å². The van der Waals surface area contributed by atoms with Gasteiger partial charge in [-0.05, 0) is 23.8 Å². The van der Waals surface area contributed by atoms with Crippen LogP contribution < -0.4 is 4.90 Å². The maximum absolute atomic E-state index is 12.3. The highest BCUT2D eigenvalue weighted by molar-refractivity contribution is 5.85. The molecular formula is C13H12F2N2O2. The fraction of sp³-hybridized carbons (Fsp3) is 0.231. The average Bonchev–Trinajstić information content (AvgIpc) is 2.35. The van der Waals surface area contributed by atoms with Crippen LogP contribution in [0.2, 0.25) is 0 Å². The van der Waals surface area contributed by atoms with Crippen LogP contribution in [0, 0.1) is 11.3 Å². The summed E-state index contributed by atoms with van der Waals surface area (Å²) in [6.07, 6.45) is -0.220. The Hall–Kier alpha value is -2.42. The molecule has 1 N–H and O–H groups in total. The van der Waals surface area contributed by atoms with Gasteiger partial charge in [-0.25, -0.2) is 13.6 Å². The lowest BCUT2D eigenvalue weighted by molar-refractivity contribution is -0.131. The van der Waals surface area contributed by atoms with Gasteiger partial charge in [-0.1, -0.05) is 6.07 Å². The Labute approximate surface area is 109 Å². The summed E-state index contributed by atoms with van der Waals surface area (Å²) in [6, 6.07) is 6.45. The van der Waals surface area contributed by atoms with Crippen molar-refractivity contribution in [3.8, 4) is 6.07 Å². The van der Waals surface area contributed by atoms with Crippen LogP contribution in [-0.2, 0) is 4.79 Å². The highest BCUT2D eigenvalue weighted by Gasteiger charge is 2.12. The third kappa shape index (κ3) is 4.39. The van der Waals surface area contributed by atoms with Gasteiger partial charge >= 0.3 is 5.97 Å². The van der Waals surface area contributed by atoms with Gasteiger partial charge in [0.15, 0.2) is 0 Å². The molecule has 0 aliphatic rings. The first-order valence-electron chi connectivity index (χ1n) is 5.38. The van der Waals surface area contributed by atoms with Gasteiger partial charge in [-0.2, -0.15) is 5.26 Å². The first-order chi connectivity index (χ1) is 8.93. The number of halogens is 2. The summed E-state index contributed by atoms with van der Waals surface area (Å²) in [5.41, 5.74) is 1.12. The lowest BCUT2D eigenvalue weighted by Crippen LogP contribution is -2.24. The van der Waals surface area contributed by atoms with Crippen LogP contribution in [0.15, 0.2) is 24.3 Å². The van der Waals surface area contributed by atoms with E-state index in [1.165, 1.54) is 30.2 Å². The smallest absolute Gasteiger partial charge is 0.328 e. The summed E-state index contributed by atoms with van der Waals surface area (Å²) in [6.45, 7) is -0.473. The predicted molar refractivity (Wildman–Crippen MR) is 67.1 cm³/mol. The van der Waals surface area contributed by atoms with Crippen molar-refractivity contribution in [3.63, 3.8) is 0 Å². The number of carbonyl (C=O) groups is 1. The predicted octanol–water partition coefficient (Wildman–Crippen LogP) is 2.36. The molecule has 1 aromatic rings. The summed E-state index contributed by atoms with van der Waals surface area (Å²) < 4.78 is 24.6. The van der Waals surface area contributed by atoms with Crippen molar-refractivity contribution in [2.24, 2.45) is 0 Å². The van der Waals surface area contributed by atoms with Crippen molar-refractivity contribution in [2.75, 3.05) is 18.5 Å². The molecule has 19 heavy (non-hydrogen) atoms. The highest BCUT2D eigenvalue weighted by atomic mass is 19.3. The standard InChI is InChI=1S/C13H12F2N2O2/c1-17(8-12(14)15)11-4-2-9(3-5-13(18)19)6-10(11)7-16/h2-6,12H,8H2,1H3,(H,18,19)/b5-3+. The van der Waals surface area contributed by atoms with E-state index < -0.39 is 18.9 Å². The van der Waals surface area contributed by atoms with E-state index in [2.05, 4.69) is 0 Å². The third-order valence-corrected chi connectivity index (χ3v) is 2.38. The van der Waals surface area contributed by atoms with Gasteiger partial charge in [0.25, 0.3) is 6.43 Å². The van der Waals surface area contributed by atoms with E-state index in [1.54, 1.807) is 6.07 Å². The van der Waals surface area contributed by atoms with Crippen molar-refractivity contribution < 1.29 is 18.7 Å². The maximum Gasteiger partial charge on any atom is 0.328 e. The van der Waals surface area contributed by atoms with Crippen LogP contribution in [0.25, 0.3) is 6.08 Å². The second-order valence-corrected chi connectivity index (χ2v) is 3.83. The van der Waals surface area contributed by atoms with Gasteiger partial charge in [0.2, 0.25) is 0 Å². The number of aliphatic carboxylic acids is 1. The fourth-order valence-electron chi connectivity index (χ4n) is 1.55. The van der Waals surface area contributed by atoms with Gasteiger partial charge in [-0.3, -0.25) is 0 Å². The minimum absolute atomic E-state index is 0.218. The Kier molecular flexibility index (Phi) is 5.01. The molecule has 100 valence electrons. The largest absolute Gasteiger partial charge is 0.478 e. The minimum Gasteiger partial charge on any atom is -0.478 e. The molecule has 1 aromatic carbocycles. The van der Waals surface area contributed by atoms with Gasteiger partial charge in [0.1, 0.15) is 6.07 Å². The van der Waals surface area contributed by atoms with Crippen LogP contribution in [0.5, 0.6) is 0 Å². The first kappa shape index (κ1) is 14.6. The van der Waals surface area contributed by atoms with E-state index in [9.17, 15) is 13.6 Å². The number of carboxylic acids is 1. The summed E-state index contributed by atoms with van der Waals surface area (Å²) in [7, 11) is 1.47. The zero-order chi connectivity index (χ0) is 14.4. The van der Waals surface area contributed by atoms with Gasteiger partial charge in [0.05, 0.1) is 17.8 Å². The normalized spacial score (nSPS) is 10.7. The van der Waals surface area contributed by atoms with E-state index in [4.69, 9.17) is 10.4 Å². The molecule has 0 spiro atoms. The third-order valence-electron chi connectivity index (χ3n) is 2.38. The average molecular weight is 266 g/mol. The quantitative estimate of drug-likeness (QED) is 0.831. The lowest BCUT2D eigenvalue weighted by Gasteiger charge is -2.20. The number of nitriles is 1. The van der Waals surface area contributed by atoms with Crippen molar-refractivity contribution in [3.05, 3.63) is 35.4 Å². The van der Waals surface area contributed by atoms with Crippen LogP contribution in [0.4, 0.5) is 14.5 Å². The lowest BCUT2D eigenvalue weighted by atomic mass is 10.1. The zero-order valence-corrected chi connectivity index (χ0v) is 10.2. The van der Waals surface area contributed by atoms with E-state index in [0.717, 1.165) is 6.08 Å². The molecular weight excluding hydrogens is 254 g/mol. The number of benzene rings is 1. The molecule has 0 saturated heterocycles. The maximum atomic E-state index is 12.3. The number of nitrogens with zero attached hydrogens (tertiary/aromatic N) is 2. The SMILES string of the molecule is CN(CC(F)F)c1ccc(/C=C/C(=O)O)cc1C#N. The molecule has 0 aromatic heterocycles. The zero-order valence-electron chi connectivity index (χ0n) is 10.2. The van der Waals surface area contributed by atoms with E-state index >= 15 is 0 Å². The monoisotopic (exact) mass is 266 g/mol. The summed E-state index contributed by atoms with van der Waals surface area (Å²) in [5, 5.41) is 17.5. The fourth-order valence-corrected chi connectivity index (χ4v) is 1.55. The van der Waals surface area contributed by atoms with E-state index in [1.807, 2.05) is 6.07 Å². The number of carboxylic acid groups (broad SMARTS) is 1. The molecule has 0 heterocycles. The molecule has 0 aliphatic heterocycles. The molecule has 4 nitrogen and oxygen atoms in total.